The molecule has 1 atom stereocenters. The number of nitrogens with zero attached hydrogens (tertiary/aromatic N) is 2. The van der Waals surface area contributed by atoms with E-state index in [2.05, 4.69) is 15.5 Å². The molecule has 2 fully saturated rings. The monoisotopic (exact) mass is 538 g/mol. The van der Waals surface area contributed by atoms with Gasteiger partial charge in [0.2, 0.25) is 17.7 Å². The maximum absolute atomic E-state index is 13.1. The van der Waals surface area contributed by atoms with Gasteiger partial charge in [-0.2, -0.15) is 0 Å². The van der Waals surface area contributed by atoms with Crippen LogP contribution in [-0.2, 0) is 45.1 Å². The number of benzene rings is 2. The molecule has 3 aliphatic rings. The third-order valence-electron chi connectivity index (χ3n) is 7.33. The molecule has 0 spiro atoms. The van der Waals surface area contributed by atoms with Crippen molar-refractivity contribution >= 4 is 35.2 Å². The lowest BCUT2D eigenvalue weighted by atomic mass is 9.93. The molecule has 0 saturated carbocycles. The van der Waals surface area contributed by atoms with Crippen LogP contribution in [0.4, 0.5) is 0 Å². The first kappa shape index (κ1) is 26.3. The minimum absolute atomic E-state index is 0.0949. The van der Waals surface area contributed by atoms with Crippen LogP contribution in [0.2, 0.25) is 5.02 Å². The molecular formula is C28H31ClN4O5. The number of halogens is 1. The van der Waals surface area contributed by atoms with Crippen molar-refractivity contribution in [1.29, 1.82) is 0 Å². The summed E-state index contributed by atoms with van der Waals surface area (Å²) in [5.74, 6) is -1.01. The molecule has 2 aromatic rings. The Kier molecular flexibility index (Phi) is 8.06. The van der Waals surface area contributed by atoms with Crippen LogP contribution in [0.15, 0.2) is 36.4 Å². The van der Waals surface area contributed by atoms with Crippen LogP contribution in [0.3, 0.4) is 0 Å². The van der Waals surface area contributed by atoms with Crippen molar-refractivity contribution in [2.75, 3.05) is 32.8 Å². The van der Waals surface area contributed by atoms with E-state index in [9.17, 15) is 19.2 Å². The minimum Gasteiger partial charge on any atom is -0.379 e. The number of nitrogens with one attached hydrogen (secondary N) is 2. The first-order valence-corrected chi connectivity index (χ1v) is 13.4. The average Bonchev–Trinajstić information content (AvgIpc) is 2.91. The van der Waals surface area contributed by atoms with Gasteiger partial charge in [-0.25, -0.2) is 0 Å². The second kappa shape index (κ2) is 11.6. The van der Waals surface area contributed by atoms with Crippen molar-refractivity contribution in [3.63, 3.8) is 0 Å². The fourth-order valence-corrected chi connectivity index (χ4v) is 5.43. The maximum Gasteiger partial charge on any atom is 0.254 e. The zero-order valence-electron chi connectivity index (χ0n) is 21.1. The molecule has 1 unspecified atom stereocenters. The van der Waals surface area contributed by atoms with Gasteiger partial charge in [0.15, 0.2) is 0 Å². The summed E-state index contributed by atoms with van der Waals surface area (Å²) in [5.41, 5.74) is 4.27. The van der Waals surface area contributed by atoms with Gasteiger partial charge in [-0.1, -0.05) is 35.9 Å². The third kappa shape index (κ3) is 6.06. The predicted molar refractivity (Wildman–Crippen MR) is 140 cm³/mol. The average molecular weight is 539 g/mol. The van der Waals surface area contributed by atoms with Gasteiger partial charge in [0.1, 0.15) is 6.04 Å². The van der Waals surface area contributed by atoms with Crippen molar-refractivity contribution in [1.82, 2.24) is 20.4 Å². The van der Waals surface area contributed by atoms with Crippen molar-refractivity contribution in [2.45, 2.75) is 44.8 Å². The Morgan fingerprint density at radius 3 is 2.61 bits per heavy atom. The Balaban J connectivity index is 1.16. The Labute approximate surface area is 226 Å². The molecule has 5 rings (SSSR count). The van der Waals surface area contributed by atoms with E-state index in [1.54, 1.807) is 11.0 Å². The minimum atomic E-state index is -0.616. The largest absolute Gasteiger partial charge is 0.379 e. The summed E-state index contributed by atoms with van der Waals surface area (Å²) < 4.78 is 5.41. The molecule has 10 heteroatoms. The topological polar surface area (TPSA) is 108 Å². The van der Waals surface area contributed by atoms with Gasteiger partial charge >= 0.3 is 0 Å². The van der Waals surface area contributed by atoms with Crippen LogP contribution < -0.4 is 10.6 Å². The smallest absolute Gasteiger partial charge is 0.254 e. The number of piperidine rings is 1. The highest BCUT2D eigenvalue weighted by Crippen LogP contribution is 2.25. The van der Waals surface area contributed by atoms with E-state index < -0.39 is 11.9 Å². The molecule has 3 heterocycles. The quantitative estimate of drug-likeness (QED) is 0.521. The number of morpholine rings is 1. The molecule has 200 valence electrons. The summed E-state index contributed by atoms with van der Waals surface area (Å²) in [7, 11) is 0. The number of hydrogen-bond donors (Lipinski definition) is 2. The maximum atomic E-state index is 13.1. The van der Waals surface area contributed by atoms with Crippen LogP contribution in [0, 0.1) is 0 Å². The molecule has 3 aliphatic heterocycles. The van der Waals surface area contributed by atoms with Crippen LogP contribution in [0.1, 0.15) is 45.5 Å². The van der Waals surface area contributed by atoms with E-state index in [0.717, 1.165) is 41.9 Å². The van der Waals surface area contributed by atoms with Gasteiger partial charge in [-0.05, 0) is 47.2 Å². The SMILES string of the molecule is O=C(Cc1ccc(Cl)c(CN2CCOCC2)c1)NCc1ccc2c(c1)CCN(C1CCC(=O)NC1=O)C2=O. The number of hydrogen-bond acceptors (Lipinski definition) is 6. The van der Waals surface area contributed by atoms with E-state index in [4.69, 9.17) is 16.3 Å². The highest BCUT2D eigenvalue weighted by Gasteiger charge is 2.37. The number of rotatable bonds is 7. The standard InChI is InChI=1S/C28H31ClN4O5/c29-23-4-2-18(13-21(23)17-32-9-11-38-12-10-32)15-26(35)30-16-19-1-3-22-20(14-19)7-8-33(28(22)37)24-5-6-25(34)31-27(24)36/h1-4,13-14,24H,5-12,15-17H2,(H,30,35)(H,31,34,36). The summed E-state index contributed by atoms with van der Waals surface area (Å²) in [6.07, 6.45) is 1.43. The van der Waals surface area contributed by atoms with Crippen LogP contribution in [0.5, 0.6) is 0 Å². The molecule has 0 bridgehead atoms. The Morgan fingerprint density at radius 1 is 1.03 bits per heavy atom. The second-order valence-electron chi connectivity index (χ2n) is 9.97. The number of carbonyl (C=O) groups excluding carboxylic acids is 4. The van der Waals surface area contributed by atoms with Crippen LogP contribution in [-0.4, -0.2) is 72.3 Å². The van der Waals surface area contributed by atoms with Crippen molar-refractivity contribution in [2.24, 2.45) is 0 Å². The highest BCUT2D eigenvalue weighted by atomic mass is 35.5. The van der Waals surface area contributed by atoms with E-state index in [0.29, 0.717) is 49.7 Å². The summed E-state index contributed by atoms with van der Waals surface area (Å²) in [6.45, 7) is 4.66. The second-order valence-corrected chi connectivity index (χ2v) is 10.4. The lowest BCUT2D eigenvalue weighted by Gasteiger charge is -2.36. The summed E-state index contributed by atoms with van der Waals surface area (Å²) in [4.78, 5) is 53.3. The number of imide groups is 1. The molecule has 2 N–H and O–H groups in total. The van der Waals surface area contributed by atoms with E-state index >= 15 is 0 Å². The Bertz CT molecular complexity index is 1260. The van der Waals surface area contributed by atoms with Gasteiger partial charge in [0.05, 0.1) is 19.6 Å². The summed E-state index contributed by atoms with van der Waals surface area (Å²) >= 11 is 6.41. The molecule has 38 heavy (non-hydrogen) atoms. The zero-order chi connectivity index (χ0) is 26.6. The van der Waals surface area contributed by atoms with Gasteiger partial charge in [0.25, 0.3) is 5.91 Å². The number of fused-ring (bicyclic) bond motifs is 1. The van der Waals surface area contributed by atoms with Gasteiger partial charge in [-0.15, -0.1) is 0 Å². The molecule has 0 aliphatic carbocycles. The first-order chi connectivity index (χ1) is 18.4. The number of carbonyl (C=O) groups is 4. The van der Waals surface area contributed by atoms with E-state index in [-0.39, 0.29) is 30.6 Å². The molecule has 4 amide bonds. The van der Waals surface area contributed by atoms with E-state index in [1.165, 1.54) is 0 Å². The van der Waals surface area contributed by atoms with Gasteiger partial charge < -0.3 is 15.0 Å². The van der Waals surface area contributed by atoms with Crippen molar-refractivity contribution < 1.29 is 23.9 Å². The zero-order valence-corrected chi connectivity index (χ0v) is 21.9. The van der Waals surface area contributed by atoms with Crippen molar-refractivity contribution in [3.8, 4) is 0 Å². The third-order valence-corrected chi connectivity index (χ3v) is 7.70. The van der Waals surface area contributed by atoms with Crippen LogP contribution in [0.25, 0.3) is 0 Å². The molecule has 9 nitrogen and oxygen atoms in total. The first-order valence-electron chi connectivity index (χ1n) is 13.0. The van der Waals surface area contributed by atoms with Crippen LogP contribution >= 0.6 is 11.6 Å². The summed E-state index contributed by atoms with van der Waals surface area (Å²) in [5, 5.41) is 5.99. The lowest BCUT2D eigenvalue weighted by Crippen LogP contribution is -2.55. The molecular weight excluding hydrogens is 508 g/mol. The number of ether oxygens (including phenoxy) is 1. The molecule has 2 saturated heterocycles. The fourth-order valence-electron chi connectivity index (χ4n) is 5.25. The lowest BCUT2D eigenvalue weighted by molar-refractivity contribution is -0.137. The van der Waals surface area contributed by atoms with E-state index in [1.807, 2.05) is 30.3 Å². The van der Waals surface area contributed by atoms with Gasteiger partial charge in [0, 0.05) is 49.7 Å². The molecule has 2 aromatic carbocycles. The predicted octanol–water partition coefficient (Wildman–Crippen LogP) is 1.83. The number of amides is 4. The molecule has 0 radical (unpaired) electrons. The summed E-state index contributed by atoms with van der Waals surface area (Å²) in [6, 6.07) is 10.6. The molecule has 0 aromatic heterocycles. The Hall–Kier alpha value is -3.27. The van der Waals surface area contributed by atoms with Crippen molar-refractivity contribution in [3.05, 3.63) is 69.2 Å². The Morgan fingerprint density at radius 2 is 1.82 bits per heavy atom. The fraction of sp³-hybridized carbons (Fsp3) is 0.429. The highest BCUT2D eigenvalue weighted by molar-refractivity contribution is 6.31. The normalized spacial score (nSPS) is 20.2. The van der Waals surface area contributed by atoms with Gasteiger partial charge in [-0.3, -0.25) is 29.4 Å².